The van der Waals surface area contributed by atoms with Crippen molar-refractivity contribution < 1.29 is 18.4 Å². The summed E-state index contributed by atoms with van der Waals surface area (Å²) in [4.78, 5) is 28.0. The molecule has 35 heavy (non-hydrogen) atoms. The smallest absolute Gasteiger partial charge is 0.245 e. The summed E-state index contributed by atoms with van der Waals surface area (Å²) in [6.07, 6.45) is 0. The van der Waals surface area contributed by atoms with Crippen molar-refractivity contribution in [3.63, 3.8) is 0 Å². The number of nitrogens with zero attached hydrogens (tertiary/aromatic N) is 4. The Labute approximate surface area is 205 Å². The molecular weight excluding hydrogens is 452 g/mol. The third kappa shape index (κ3) is 6.23. The van der Waals surface area contributed by atoms with Crippen LogP contribution in [0.1, 0.15) is 37.9 Å². The number of halogens is 2. The van der Waals surface area contributed by atoms with Crippen molar-refractivity contribution >= 4 is 17.5 Å². The van der Waals surface area contributed by atoms with E-state index in [9.17, 15) is 9.18 Å². The minimum atomic E-state index is -0.595. The number of hydrogen-bond donors (Lipinski definition) is 1. The summed E-state index contributed by atoms with van der Waals surface area (Å²) >= 11 is 0. The van der Waals surface area contributed by atoms with E-state index in [0.29, 0.717) is 61.8 Å². The van der Waals surface area contributed by atoms with Crippen molar-refractivity contribution in [2.75, 3.05) is 44.2 Å². The van der Waals surface area contributed by atoms with E-state index in [4.69, 9.17) is 10.7 Å². The maximum Gasteiger partial charge on any atom is 0.245 e. The summed E-state index contributed by atoms with van der Waals surface area (Å²) in [7, 11) is 0. The molecule has 0 saturated carbocycles. The van der Waals surface area contributed by atoms with Gasteiger partial charge in [-0.3, -0.25) is 9.69 Å². The van der Waals surface area contributed by atoms with E-state index in [2.05, 4.69) is 11.6 Å². The molecule has 0 bridgehead atoms. The fourth-order valence-electron chi connectivity index (χ4n) is 4.34. The highest BCUT2D eigenvalue weighted by atomic mass is 19.1. The summed E-state index contributed by atoms with van der Waals surface area (Å²) in [5.74, 6) is 4.50. The van der Waals surface area contributed by atoms with Crippen molar-refractivity contribution in [1.82, 2.24) is 9.80 Å². The fourth-order valence-corrected chi connectivity index (χ4v) is 4.34. The maximum absolute atomic E-state index is 15.0. The number of nitrogens with two attached hydrogens (primary N) is 1. The van der Waals surface area contributed by atoms with Crippen LogP contribution < -0.4 is 10.8 Å². The van der Waals surface area contributed by atoms with Gasteiger partial charge in [0.25, 0.3) is 0 Å². The highest BCUT2D eigenvalue weighted by Gasteiger charge is 2.33. The second kappa shape index (κ2) is 11.9. The number of amides is 1. The van der Waals surface area contributed by atoms with Gasteiger partial charge in [-0.1, -0.05) is 18.7 Å². The molecule has 2 aromatic carbocycles. The molecule has 0 radical (unpaired) electrons. The molecule has 2 aromatic rings. The Balaban J connectivity index is 1.80. The lowest BCUT2D eigenvalue weighted by Gasteiger charge is -2.41. The zero-order valence-electron chi connectivity index (χ0n) is 20.5. The molecule has 1 aliphatic heterocycles. The zero-order chi connectivity index (χ0) is 25.5. The average Bonchev–Trinajstić information content (AvgIpc) is 2.84. The largest absolute Gasteiger partial charge is 0.391 e. The van der Waals surface area contributed by atoms with Gasteiger partial charge >= 0.3 is 0 Å². The lowest BCUT2D eigenvalue weighted by Crippen LogP contribution is -2.52. The van der Waals surface area contributed by atoms with E-state index in [-0.39, 0.29) is 17.6 Å². The monoisotopic (exact) mass is 485 g/mol. The quantitative estimate of drug-likeness (QED) is 0.349. The molecule has 2 N–H and O–H groups in total. The Kier molecular flexibility index (Phi) is 8.95. The van der Waals surface area contributed by atoms with Crippen LogP contribution >= 0.6 is 0 Å². The molecule has 1 aliphatic rings. The predicted octanol–water partition coefficient (Wildman–Crippen LogP) is 3.87. The first-order valence-corrected chi connectivity index (χ1v) is 11.7. The highest BCUT2D eigenvalue weighted by molar-refractivity contribution is 5.95. The van der Waals surface area contributed by atoms with E-state index in [1.807, 2.05) is 23.6 Å². The Morgan fingerprint density at radius 1 is 1.14 bits per heavy atom. The normalized spacial score (nSPS) is 15.6. The Morgan fingerprint density at radius 2 is 1.83 bits per heavy atom. The number of rotatable bonds is 8. The lowest BCUT2D eigenvalue weighted by atomic mass is 10.0. The Morgan fingerprint density at radius 3 is 2.37 bits per heavy atom. The molecule has 1 amide bonds. The molecule has 188 valence electrons. The predicted molar refractivity (Wildman–Crippen MR) is 134 cm³/mol. The molecule has 1 heterocycles. The third-order valence-corrected chi connectivity index (χ3v) is 6.09. The summed E-state index contributed by atoms with van der Waals surface area (Å²) in [5.41, 5.74) is 1.96. The van der Waals surface area contributed by atoms with Gasteiger partial charge in [-0.05, 0) is 56.7 Å². The molecule has 1 unspecified atom stereocenters. The average molecular weight is 486 g/mol. The van der Waals surface area contributed by atoms with Crippen molar-refractivity contribution in [2.24, 2.45) is 10.9 Å². The molecule has 3 rings (SSSR count). The van der Waals surface area contributed by atoms with Gasteiger partial charge in [0.05, 0.1) is 5.69 Å². The van der Waals surface area contributed by atoms with Gasteiger partial charge in [0.1, 0.15) is 17.7 Å². The number of likely N-dealkylation sites (N-methyl/N-ethyl adjacent to an activating group) is 1. The van der Waals surface area contributed by atoms with Crippen LogP contribution in [0, 0.1) is 11.6 Å². The molecule has 0 spiro atoms. The number of aliphatic imine (C=N–C) groups is 1. The SMILES string of the molecule is C=C(C)N=C(ON)c1ccc(N2CCN(C(C(=O)N(CC)CC)c3cccc(F)c3)CC2)c(F)c1. The van der Waals surface area contributed by atoms with Gasteiger partial charge in [0, 0.05) is 50.5 Å². The number of piperazine rings is 1. The van der Waals surface area contributed by atoms with Gasteiger partial charge in [0.2, 0.25) is 11.8 Å². The van der Waals surface area contributed by atoms with Crippen molar-refractivity contribution in [2.45, 2.75) is 26.8 Å². The number of carbonyl (C=O) groups excluding carboxylic acids is 1. The minimum absolute atomic E-state index is 0.0595. The fraction of sp³-hybridized carbons (Fsp3) is 0.385. The Hall–Kier alpha value is -3.30. The summed E-state index contributed by atoms with van der Waals surface area (Å²) in [6, 6.07) is 10.3. The second-order valence-electron chi connectivity index (χ2n) is 8.43. The van der Waals surface area contributed by atoms with E-state index >= 15 is 4.39 Å². The molecule has 1 atom stereocenters. The van der Waals surface area contributed by atoms with E-state index in [0.717, 1.165) is 0 Å². The standard InChI is InChI=1S/C26H33F2N5O2/c1-5-31(6-2)26(34)24(19-8-7-9-21(27)16-19)33-14-12-32(13-15-33)23-11-10-20(17-22(23)28)25(35-29)30-18(3)4/h7-11,16-17,24H,3,5-6,12-15,29H2,1-2,4H3. The van der Waals surface area contributed by atoms with Crippen molar-refractivity contribution in [3.05, 3.63) is 77.5 Å². The van der Waals surface area contributed by atoms with E-state index in [1.165, 1.54) is 18.2 Å². The van der Waals surface area contributed by atoms with Gasteiger partial charge in [-0.25, -0.2) is 13.8 Å². The van der Waals surface area contributed by atoms with Gasteiger partial charge in [-0.2, -0.15) is 5.90 Å². The van der Waals surface area contributed by atoms with Crippen LogP contribution in [0.15, 0.2) is 59.7 Å². The maximum atomic E-state index is 15.0. The van der Waals surface area contributed by atoms with Crippen molar-refractivity contribution in [3.8, 4) is 0 Å². The molecule has 0 aromatic heterocycles. The third-order valence-electron chi connectivity index (χ3n) is 6.09. The zero-order valence-corrected chi connectivity index (χ0v) is 20.5. The van der Waals surface area contributed by atoms with E-state index < -0.39 is 11.9 Å². The number of allylic oxidation sites excluding steroid dienone is 1. The molecule has 7 nitrogen and oxygen atoms in total. The van der Waals surface area contributed by atoms with Crippen LogP contribution in [0.25, 0.3) is 0 Å². The van der Waals surface area contributed by atoms with Crippen LogP contribution in [-0.2, 0) is 9.63 Å². The van der Waals surface area contributed by atoms with Crippen LogP contribution in [0.4, 0.5) is 14.5 Å². The van der Waals surface area contributed by atoms with Crippen LogP contribution in [0.2, 0.25) is 0 Å². The highest BCUT2D eigenvalue weighted by Crippen LogP contribution is 2.28. The number of anilines is 1. The van der Waals surface area contributed by atoms with Crippen LogP contribution in [-0.4, -0.2) is 60.9 Å². The molecular formula is C26H33F2N5O2. The number of hydrogen-bond acceptors (Lipinski definition) is 6. The molecule has 9 heteroatoms. The first kappa shape index (κ1) is 26.3. The summed E-state index contributed by atoms with van der Waals surface area (Å²) < 4.78 is 29.0. The molecule has 1 fully saturated rings. The van der Waals surface area contributed by atoms with Gasteiger partial charge < -0.3 is 14.6 Å². The summed E-state index contributed by atoms with van der Waals surface area (Å²) in [5, 5.41) is 0. The van der Waals surface area contributed by atoms with Crippen LogP contribution in [0.5, 0.6) is 0 Å². The topological polar surface area (TPSA) is 74.4 Å². The van der Waals surface area contributed by atoms with Crippen LogP contribution in [0.3, 0.4) is 0 Å². The first-order chi connectivity index (χ1) is 16.8. The van der Waals surface area contributed by atoms with Gasteiger partial charge in [0.15, 0.2) is 0 Å². The first-order valence-electron chi connectivity index (χ1n) is 11.7. The van der Waals surface area contributed by atoms with Gasteiger partial charge in [-0.15, -0.1) is 0 Å². The van der Waals surface area contributed by atoms with E-state index in [1.54, 1.807) is 36.1 Å². The molecule has 0 aliphatic carbocycles. The second-order valence-corrected chi connectivity index (χ2v) is 8.43. The minimum Gasteiger partial charge on any atom is -0.391 e. The van der Waals surface area contributed by atoms with Crippen molar-refractivity contribution in [1.29, 1.82) is 0 Å². The number of benzene rings is 2. The molecule has 1 saturated heterocycles. The lowest BCUT2D eigenvalue weighted by molar-refractivity contribution is -0.137. The summed E-state index contributed by atoms with van der Waals surface area (Å²) in [6.45, 7) is 12.4. The Bertz CT molecular complexity index is 1080. The number of carbonyl (C=O) groups is 1.